The number of rotatable bonds is 7. The van der Waals surface area contributed by atoms with Crippen molar-refractivity contribution >= 4 is 16.0 Å². The summed E-state index contributed by atoms with van der Waals surface area (Å²) >= 11 is 0. The molecule has 0 amide bonds. The summed E-state index contributed by atoms with van der Waals surface area (Å²) < 4.78 is 24.4. The average Bonchev–Trinajstić information content (AvgIpc) is 2.43. The molecule has 0 aromatic rings. The number of aliphatic imine (C=N–C) groups is 1. The molecule has 6 nitrogen and oxygen atoms in total. The Labute approximate surface area is 129 Å². The maximum absolute atomic E-state index is 11.0. The standard InChI is InChI=1S/C14H30N4O2S/c1-4-12-6-8-13(9-7-12)18-14(15-5-2)16-10-11-17-21(3,19)20/h12-13,17H,4-11H2,1-3H3,(H2,15,16,18). The lowest BCUT2D eigenvalue weighted by Crippen LogP contribution is -2.45. The molecule has 0 heterocycles. The number of nitrogens with zero attached hydrogens (tertiary/aromatic N) is 1. The van der Waals surface area contributed by atoms with Gasteiger partial charge in [-0.25, -0.2) is 13.1 Å². The third-order valence-electron chi connectivity index (χ3n) is 3.86. The lowest BCUT2D eigenvalue weighted by molar-refractivity contribution is 0.304. The van der Waals surface area contributed by atoms with Crippen LogP contribution in [0.1, 0.15) is 46.0 Å². The van der Waals surface area contributed by atoms with Crippen LogP contribution in [0.15, 0.2) is 4.99 Å². The molecule has 0 radical (unpaired) electrons. The van der Waals surface area contributed by atoms with E-state index in [2.05, 4.69) is 27.3 Å². The summed E-state index contributed by atoms with van der Waals surface area (Å²) in [6.45, 7) is 5.86. The van der Waals surface area contributed by atoms with E-state index in [-0.39, 0.29) is 0 Å². The third-order valence-corrected chi connectivity index (χ3v) is 4.58. The maximum atomic E-state index is 11.0. The first-order valence-electron chi connectivity index (χ1n) is 7.94. The van der Waals surface area contributed by atoms with E-state index in [1.807, 2.05) is 6.92 Å². The molecular formula is C14H30N4O2S. The van der Waals surface area contributed by atoms with Crippen molar-refractivity contribution in [3.8, 4) is 0 Å². The van der Waals surface area contributed by atoms with Gasteiger partial charge >= 0.3 is 0 Å². The molecule has 0 aromatic heterocycles. The van der Waals surface area contributed by atoms with E-state index in [1.165, 1.54) is 32.1 Å². The van der Waals surface area contributed by atoms with Gasteiger partial charge in [-0.3, -0.25) is 4.99 Å². The van der Waals surface area contributed by atoms with E-state index in [9.17, 15) is 8.42 Å². The van der Waals surface area contributed by atoms with E-state index >= 15 is 0 Å². The second-order valence-corrected chi connectivity index (χ2v) is 7.53. The summed E-state index contributed by atoms with van der Waals surface area (Å²) in [5.74, 6) is 1.66. The molecule has 1 fully saturated rings. The van der Waals surface area contributed by atoms with Crippen LogP contribution in [0.3, 0.4) is 0 Å². The highest BCUT2D eigenvalue weighted by molar-refractivity contribution is 7.88. The van der Waals surface area contributed by atoms with Crippen molar-refractivity contribution in [3.05, 3.63) is 0 Å². The second kappa shape index (κ2) is 9.25. The highest BCUT2D eigenvalue weighted by Gasteiger charge is 2.20. The number of hydrogen-bond acceptors (Lipinski definition) is 3. The Morgan fingerprint density at radius 3 is 2.38 bits per heavy atom. The largest absolute Gasteiger partial charge is 0.357 e. The molecule has 3 N–H and O–H groups in total. The van der Waals surface area contributed by atoms with Crippen molar-refractivity contribution in [1.29, 1.82) is 0 Å². The van der Waals surface area contributed by atoms with Crippen LogP contribution in [0.25, 0.3) is 0 Å². The minimum atomic E-state index is -3.13. The Kier molecular flexibility index (Phi) is 8.03. The van der Waals surface area contributed by atoms with Crippen molar-refractivity contribution < 1.29 is 8.42 Å². The molecule has 0 aromatic carbocycles. The molecule has 0 bridgehead atoms. The Morgan fingerprint density at radius 2 is 1.86 bits per heavy atom. The molecule has 124 valence electrons. The fourth-order valence-electron chi connectivity index (χ4n) is 2.63. The van der Waals surface area contributed by atoms with Crippen LogP contribution in [0.2, 0.25) is 0 Å². The molecule has 21 heavy (non-hydrogen) atoms. The van der Waals surface area contributed by atoms with E-state index in [4.69, 9.17) is 0 Å². The van der Waals surface area contributed by atoms with E-state index < -0.39 is 10.0 Å². The topological polar surface area (TPSA) is 82.6 Å². The monoisotopic (exact) mass is 318 g/mol. The fraction of sp³-hybridized carbons (Fsp3) is 0.929. The molecule has 1 saturated carbocycles. The van der Waals surface area contributed by atoms with Crippen LogP contribution in [0, 0.1) is 5.92 Å². The van der Waals surface area contributed by atoms with Gasteiger partial charge in [-0.2, -0.15) is 0 Å². The summed E-state index contributed by atoms with van der Waals surface area (Å²) in [5, 5.41) is 6.68. The SMILES string of the molecule is CCNC(=NCCNS(C)(=O)=O)NC1CCC(CC)CC1. The van der Waals surface area contributed by atoms with Crippen LogP contribution < -0.4 is 15.4 Å². The maximum Gasteiger partial charge on any atom is 0.208 e. The lowest BCUT2D eigenvalue weighted by atomic mass is 9.84. The molecule has 1 rings (SSSR count). The Hall–Kier alpha value is -0.820. The Bertz CT molecular complexity index is 415. The van der Waals surface area contributed by atoms with Crippen molar-refractivity contribution in [2.45, 2.75) is 52.0 Å². The average molecular weight is 318 g/mol. The van der Waals surface area contributed by atoms with Crippen molar-refractivity contribution in [2.24, 2.45) is 10.9 Å². The number of hydrogen-bond donors (Lipinski definition) is 3. The van der Waals surface area contributed by atoms with Gasteiger partial charge in [0.2, 0.25) is 10.0 Å². The van der Waals surface area contributed by atoms with E-state index in [0.717, 1.165) is 24.7 Å². The molecular weight excluding hydrogens is 288 g/mol. The zero-order valence-corrected chi connectivity index (χ0v) is 14.3. The van der Waals surface area contributed by atoms with Crippen LogP contribution in [-0.2, 0) is 10.0 Å². The predicted octanol–water partition coefficient (Wildman–Crippen LogP) is 1.06. The van der Waals surface area contributed by atoms with E-state index in [0.29, 0.717) is 19.1 Å². The van der Waals surface area contributed by atoms with Crippen LogP contribution in [-0.4, -0.2) is 46.3 Å². The molecule has 0 saturated heterocycles. The molecule has 0 aliphatic heterocycles. The zero-order chi connectivity index (χ0) is 15.7. The van der Waals surface area contributed by atoms with Gasteiger partial charge in [0, 0.05) is 19.1 Å². The van der Waals surface area contributed by atoms with Crippen LogP contribution in [0.5, 0.6) is 0 Å². The normalized spacial score (nSPS) is 23.9. The van der Waals surface area contributed by atoms with Gasteiger partial charge in [-0.15, -0.1) is 0 Å². The van der Waals surface area contributed by atoms with Gasteiger partial charge in [0.05, 0.1) is 12.8 Å². The van der Waals surface area contributed by atoms with Gasteiger partial charge in [-0.1, -0.05) is 13.3 Å². The molecule has 0 atom stereocenters. The first-order valence-corrected chi connectivity index (χ1v) is 9.83. The highest BCUT2D eigenvalue weighted by Crippen LogP contribution is 2.26. The molecule has 1 aliphatic rings. The molecule has 7 heteroatoms. The molecule has 0 unspecified atom stereocenters. The summed E-state index contributed by atoms with van der Waals surface area (Å²) in [6.07, 6.45) is 7.37. The third kappa shape index (κ3) is 8.26. The fourth-order valence-corrected chi connectivity index (χ4v) is 3.09. The minimum absolute atomic E-state index is 0.331. The number of guanidine groups is 1. The Balaban J connectivity index is 2.38. The predicted molar refractivity (Wildman–Crippen MR) is 88.0 cm³/mol. The molecule has 1 aliphatic carbocycles. The van der Waals surface area contributed by atoms with Gasteiger partial charge in [0.1, 0.15) is 0 Å². The summed E-state index contributed by atoms with van der Waals surface area (Å²) in [5.41, 5.74) is 0. The molecule has 0 spiro atoms. The first-order chi connectivity index (χ1) is 9.94. The summed E-state index contributed by atoms with van der Waals surface area (Å²) in [7, 11) is -3.13. The van der Waals surface area contributed by atoms with E-state index in [1.54, 1.807) is 0 Å². The quantitative estimate of drug-likeness (QED) is 0.372. The first kappa shape index (κ1) is 18.2. The summed E-state index contributed by atoms with van der Waals surface area (Å²) in [6, 6.07) is 0.480. The smallest absolute Gasteiger partial charge is 0.208 e. The summed E-state index contributed by atoms with van der Waals surface area (Å²) in [4.78, 5) is 4.42. The van der Waals surface area contributed by atoms with Crippen LogP contribution in [0.4, 0.5) is 0 Å². The number of sulfonamides is 1. The highest BCUT2D eigenvalue weighted by atomic mass is 32.2. The zero-order valence-electron chi connectivity index (χ0n) is 13.5. The van der Waals surface area contributed by atoms with Crippen LogP contribution >= 0.6 is 0 Å². The lowest BCUT2D eigenvalue weighted by Gasteiger charge is -2.29. The Morgan fingerprint density at radius 1 is 1.19 bits per heavy atom. The minimum Gasteiger partial charge on any atom is -0.357 e. The van der Waals surface area contributed by atoms with Gasteiger partial charge in [-0.05, 0) is 38.5 Å². The van der Waals surface area contributed by atoms with Gasteiger partial charge in [0.25, 0.3) is 0 Å². The second-order valence-electron chi connectivity index (χ2n) is 5.70. The number of nitrogens with one attached hydrogen (secondary N) is 3. The van der Waals surface area contributed by atoms with Crippen molar-refractivity contribution in [1.82, 2.24) is 15.4 Å². The van der Waals surface area contributed by atoms with Gasteiger partial charge in [0.15, 0.2) is 5.96 Å². The van der Waals surface area contributed by atoms with Crippen molar-refractivity contribution in [3.63, 3.8) is 0 Å². The van der Waals surface area contributed by atoms with Crippen molar-refractivity contribution in [2.75, 3.05) is 25.9 Å². The van der Waals surface area contributed by atoms with Gasteiger partial charge < -0.3 is 10.6 Å².